The van der Waals surface area contributed by atoms with E-state index >= 15 is 0 Å². The van der Waals surface area contributed by atoms with Crippen molar-refractivity contribution in [3.8, 4) is 0 Å². The van der Waals surface area contributed by atoms with Gasteiger partial charge in [0, 0.05) is 13.1 Å². The van der Waals surface area contributed by atoms with Gasteiger partial charge in [0.25, 0.3) is 0 Å². The monoisotopic (exact) mass is 278 g/mol. The minimum Gasteiger partial charge on any atom is -0.478 e. The van der Waals surface area contributed by atoms with Crippen molar-refractivity contribution >= 4 is 11.8 Å². The first-order valence-electron chi connectivity index (χ1n) is 7.13. The fraction of sp³-hybridized carbons (Fsp3) is 0.643. The van der Waals surface area contributed by atoms with Crippen LogP contribution in [0.4, 0.5) is 5.82 Å². The molecule has 1 saturated heterocycles. The third-order valence-corrected chi connectivity index (χ3v) is 3.84. The van der Waals surface area contributed by atoms with Crippen molar-refractivity contribution in [2.75, 3.05) is 31.5 Å². The van der Waals surface area contributed by atoms with Gasteiger partial charge in [-0.25, -0.2) is 4.79 Å². The van der Waals surface area contributed by atoms with Gasteiger partial charge in [-0.15, -0.1) is 5.10 Å². The van der Waals surface area contributed by atoms with E-state index in [0.717, 1.165) is 19.6 Å². The normalized spacial score (nSPS) is 16.1. The van der Waals surface area contributed by atoms with Crippen LogP contribution in [0.2, 0.25) is 0 Å². The maximum Gasteiger partial charge on any atom is 0.339 e. The van der Waals surface area contributed by atoms with Gasteiger partial charge in [-0.1, -0.05) is 6.42 Å². The number of hydrogen-bond acceptors (Lipinski definition) is 5. The van der Waals surface area contributed by atoms with Crippen LogP contribution in [0.5, 0.6) is 0 Å². The number of carboxylic acids is 1. The van der Waals surface area contributed by atoms with Crippen LogP contribution < -0.4 is 5.32 Å². The first-order valence-corrected chi connectivity index (χ1v) is 7.13. The van der Waals surface area contributed by atoms with Gasteiger partial charge in [0.15, 0.2) is 5.82 Å². The van der Waals surface area contributed by atoms with Crippen LogP contribution >= 0.6 is 0 Å². The molecule has 2 N–H and O–H groups in total. The van der Waals surface area contributed by atoms with E-state index in [4.69, 9.17) is 0 Å². The molecule has 0 spiro atoms. The molecule has 0 aromatic carbocycles. The Bertz CT molecular complexity index is 484. The number of nitrogens with one attached hydrogen (secondary N) is 1. The molecule has 1 aliphatic heterocycles. The number of rotatable bonds is 5. The lowest BCUT2D eigenvalue weighted by Crippen LogP contribution is -2.34. The summed E-state index contributed by atoms with van der Waals surface area (Å²) in [6, 6.07) is 0. The maximum atomic E-state index is 11.3. The highest BCUT2D eigenvalue weighted by molar-refractivity contribution is 5.94. The highest BCUT2D eigenvalue weighted by Gasteiger charge is 2.17. The van der Waals surface area contributed by atoms with Crippen LogP contribution in [0.1, 0.15) is 40.9 Å². The first-order chi connectivity index (χ1) is 9.59. The van der Waals surface area contributed by atoms with Crippen molar-refractivity contribution in [1.82, 2.24) is 15.1 Å². The van der Waals surface area contributed by atoms with E-state index in [0.29, 0.717) is 23.6 Å². The fourth-order valence-corrected chi connectivity index (χ4v) is 2.51. The Morgan fingerprint density at radius 2 is 1.95 bits per heavy atom. The zero-order chi connectivity index (χ0) is 14.5. The molecule has 1 aromatic heterocycles. The molecule has 6 heteroatoms. The molecule has 1 aliphatic rings. The molecule has 0 saturated carbocycles. The molecule has 0 unspecified atom stereocenters. The van der Waals surface area contributed by atoms with E-state index in [1.807, 2.05) is 0 Å². The lowest BCUT2D eigenvalue weighted by Gasteiger charge is -2.26. The van der Waals surface area contributed by atoms with Crippen molar-refractivity contribution in [2.24, 2.45) is 0 Å². The highest BCUT2D eigenvalue weighted by Crippen LogP contribution is 2.18. The predicted octanol–water partition coefficient (Wildman–Crippen LogP) is 1.69. The molecular weight excluding hydrogens is 256 g/mol. The fourth-order valence-electron chi connectivity index (χ4n) is 2.51. The number of aryl methyl sites for hydroxylation is 1. The van der Waals surface area contributed by atoms with Gasteiger partial charge >= 0.3 is 5.97 Å². The van der Waals surface area contributed by atoms with Crippen LogP contribution in [0.3, 0.4) is 0 Å². The number of aromatic carboxylic acids is 1. The van der Waals surface area contributed by atoms with Crippen molar-refractivity contribution in [3.05, 3.63) is 16.8 Å². The second-order valence-corrected chi connectivity index (χ2v) is 5.27. The van der Waals surface area contributed by atoms with Crippen LogP contribution in [-0.4, -0.2) is 52.4 Å². The van der Waals surface area contributed by atoms with Gasteiger partial charge in [0.2, 0.25) is 0 Å². The minimum absolute atomic E-state index is 0.233. The third kappa shape index (κ3) is 3.45. The molecule has 20 heavy (non-hydrogen) atoms. The number of anilines is 1. The van der Waals surface area contributed by atoms with E-state index in [2.05, 4.69) is 20.4 Å². The number of piperidine rings is 1. The lowest BCUT2D eigenvalue weighted by molar-refractivity contribution is 0.0696. The number of nitrogens with zero attached hydrogens (tertiary/aromatic N) is 3. The van der Waals surface area contributed by atoms with Crippen molar-refractivity contribution < 1.29 is 9.90 Å². The summed E-state index contributed by atoms with van der Waals surface area (Å²) in [6.45, 7) is 7.40. The van der Waals surface area contributed by atoms with E-state index in [1.54, 1.807) is 13.8 Å². The Hall–Kier alpha value is -1.69. The van der Waals surface area contributed by atoms with Gasteiger partial charge < -0.3 is 15.3 Å². The summed E-state index contributed by atoms with van der Waals surface area (Å²) in [5.74, 6) is -0.585. The van der Waals surface area contributed by atoms with Gasteiger partial charge in [-0.3, -0.25) is 0 Å². The average molecular weight is 278 g/mol. The SMILES string of the molecule is Cc1nnc(NCCN2CCCCC2)c(C(=O)O)c1C. The topological polar surface area (TPSA) is 78.4 Å². The Morgan fingerprint density at radius 1 is 1.25 bits per heavy atom. The summed E-state index contributed by atoms with van der Waals surface area (Å²) < 4.78 is 0. The molecule has 1 fully saturated rings. The predicted molar refractivity (Wildman–Crippen MR) is 77.2 cm³/mol. The number of likely N-dealkylation sites (tertiary alicyclic amines) is 1. The van der Waals surface area contributed by atoms with Crippen molar-refractivity contribution in [1.29, 1.82) is 0 Å². The van der Waals surface area contributed by atoms with E-state index in [1.165, 1.54) is 19.3 Å². The zero-order valence-electron chi connectivity index (χ0n) is 12.1. The van der Waals surface area contributed by atoms with Gasteiger partial charge in [0.05, 0.1) is 5.69 Å². The molecule has 110 valence electrons. The van der Waals surface area contributed by atoms with Crippen LogP contribution in [0, 0.1) is 13.8 Å². The van der Waals surface area contributed by atoms with E-state index in [9.17, 15) is 9.90 Å². The largest absolute Gasteiger partial charge is 0.478 e. The summed E-state index contributed by atoms with van der Waals surface area (Å²) in [7, 11) is 0. The molecule has 0 amide bonds. The third-order valence-electron chi connectivity index (χ3n) is 3.84. The van der Waals surface area contributed by atoms with E-state index < -0.39 is 5.97 Å². The summed E-state index contributed by atoms with van der Waals surface area (Å²) in [4.78, 5) is 13.7. The number of carbonyl (C=O) groups is 1. The molecule has 0 radical (unpaired) electrons. The van der Waals surface area contributed by atoms with Crippen LogP contribution in [0.15, 0.2) is 0 Å². The van der Waals surface area contributed by atoms with Crippen molar-refractivity contribution in [3.63, 3.8) is 0 Å². The van der Waals surface area contributed by atoms with Crippen LogP contribution in [-0.2, 0) is 0 Å². The number of aromatic nitrogens is 2. The smallest absolute Gasteiger partial charge is 0.339 e. The first kappa shape index (κ1) is 14.7. The molecule has 2 rings (SSSR count). The standard InChI is InChI=1S/C14H22N4O2/c1-10-11(2)16-17-13(12(10)14(19)20)15-6-9-18-7-4-3-5-8-18/h3-9H2,1-2H3,(H,15,17)(H,19,20). The summed E-state index contributed by atoms with van der Waals surface area (Å²) >= 11 is 0. The Balaban J connectivity index is 1.98. The van der Waals surface area contributed by atoms with Gasteiger partial charge in [-0.05, 0) is 45.3 Å². The van der Waals surface area contributed by atoms with Crippen molar-refractivity contribution in [2.45, 2.75) is 33.1 Å². The molecule has 0 aliphatic carbocycles. The Kier molecular flexibility index (Phi) is 4.89. The molecule has 0 bridgehead atoms. The van der Waals surface area contributed by atoms with Crippen LogP contribution in [0.25, 0.3) is 0 Å². The summed E-state index contributed by atoms with van der Waals surface area (Å²) in [5.41, 5.74) is 1.56. The van der Waals surface area contributed by atoms with Gasteiger partial charge in [-0.2, -0.15) is 5.10 Å². The van der Waals surface area contributed by atoms with E-state index in [-0.39, 0.29) is 5.56 Å². The minimum atomic E-state index is -0.957. The highest BCUT2D eigenvalue weighted by atomic mass is 16.4. The molecule has 0 atom stereocenters. The second-order valence-electron chi connectivity index (χ2n) is 5.27. The second kappa shape index (κ2) is 6.65. The average Bonchev–Trinajstić information content (AvgIpc) is 2.43. The molecular formula is C14H22N4O2. The number of carboxylic acid groups (broad SMARTS) is 1. The zero-order valence-corrected chi connectivity index (χ0v) is 12.1. The maximum absolute atomic E-state index is 11.3. The lowest BCUT2D eigenvalue weighted by atomic mass is 10.1. The molecule has 2 heterocycles. The molecule has 1 aromatic rings. The number of hydrogen-bond donors (Lipinski definition) is 2. The Labute approximate surface area is 119 Å². The quantitative estimate of drug-likeness (QED) is 0.853. The summed E-state index contributed by atoms with van der Waals surface area (Å²) in [5, 5.41) is 20.4. The summed E-state index contributed by atoms with van der Waals surface area (Å²) in [6.07, 6.45) is 3.82. The molecule has 6 nitrogen and oxygen atoms in total. The Morgan fingerprint density at radius 3 is 2.60 bits per heavy atom. The van der Waals surface area contributed by atoms with Gasteiger partial charge in [0.1, 0.15) is 5.56 Å².